The quantitative estimate of drug-likeness (QED) is 0.929. The number of hydrogen-bond acceptors (Lipinski definition) is 4. The first kappa shape index (κ1) is 16.2. The normalized spacial score (nSPS) is 20.2. The molecule has 21 heavy (non-hydrogen) atoms. The Morgan fingerprint density at radius 3 is 2.67 bits per heavy atom. The van der Waals surface area contributed by atoms with Crippen LogP contribution in [0.2, 0.25) is 0 Å². The topological polar surface area (TPSA) is 57.4 Å². The molecular formula is C14H19F3N2O2. The number of alkyl halides is 3. The fraction of sp³-hybridized carbons (Fsp3) is 0.643. The lowest BCUT2D eigenvalue weighted by atomic mass is 9.81. The van der Waals surface area contributed by atoms with E-state index in [0.717, 1.165) is 12.3 Å². The number of ether oxygens (including phenoxy) is 2. The molecule has 0 amide bonds. The molecule has 0 aromatic carbocycles. The van der Waals surface area contributed by atoms with Gasteiger partial charge in [-0.3, -0.25) is 4.98 Å². The van der Waals surface area contributed by atoms with Crippen molar-refractivity contribution in [1.29, 1.82) is 0 Å². The van der Waals surface area contributed by atoms with E-state index in [1.54, 1.807) is 6.92 Å². The Labute approximate surface area is 121 Å². The van der Waals surface area contributed by atoms with Gasteiger partial charge in [-0.05, 0) is 13.0 Å². The van der Waals surface area contributed by atoms with Crippen LogP contribution in [0, 0.1) is 0 Å². The molecule has 0 saturated carbocycles. The number of hydrogen-bond donors (Lipinski definition) is 1. The summed E-state index contributed by atoms with van der Waals surface area (Å²) in [6, 6.07) is 0.0559. The van der Waals surface area contributed by atoms with E-state index >= 15 is 0 Å². The molecule has 0 aliphatic carbocycles. The van der Waals surface area contributed by atoms with Crippen LogP contribution >= 0.6 is 0 Å². The van der Waals surface area contributed by atoms with Gasteiger partial charge in [0.25, 0.3) is 0 Å². The smallest absolute Gasteiger partial charge is 0.381 e. The highest BCUT2D eigenvalue weighted by Crippen LogP contribution is 2.41. The van der Waals surface area contributed by atoms with Gasteiger partial charge in [-0.15, -0.1) is 0 Å². The Morgan fingerprint density at radius 1 is 1.43 bits per heavy atom. The van der Waals surface area contributed by atoms with Crippen molar-refractivity contribution in [2.45, 2.75) is 37.6 Å². The van der Waals surface area contributed by atoms with Gasteiger partial charge < -0.3 is 15.2 Å². The van der Waals surface area contributed by atoms with Gasteiger partial charge in [-0.1, -0.05) is 0 Å². The number of halogens is 3. The first-order valence-electron chi connectivity index (χ1n) is 6.89. The van der Waals surface area contributed by atoms with E-state index in [0.29, 0.717) is 32.7 Å². The van der Waals surface area contributed by atoms with Crippen LogP contribution in [0.3, 0.4) is 0 Å². The molecule has 1 aromatic rings. The van der Waals surface area contributed by atoms with Crippen molar-refractivity contribution < 1.29 is 22.6 Å². The third-order valence-corrected chi connectivity index (χ3v) is 3.83. The molecule has 2 heterocycles. The van der Waals surface area contributed by atoms with Crippen LogP contribution in [-0.2, 0) is 15.7 Å². The van der Waals surface area contributed by atoms with Crippen LogP contribution in [0.5, 0.6) is 0 Å². The van der Waals surface area contributed by atoms with Crippen molar-refractivity contribution in [2.75, 3.05) is 19.8 Å². The van der Waals surface area contributed by atoms with Crippen molar-refractivity contribution >= 4 is 0 Å². The Bertz CT molecular complexity index is 468. The van der Waals surface area contributed by atoms with Crippen LogP contribution in [0.25, 0.3) is 0 Å². The van der Waals surface area contributed by atoms with E-state index in [9.17, 15) is 13.2 Å². The average Bonchev–Trinajstić information content (AvgIpc) is 2.47. The third-order valence-electron chi connectivity index (χ3n) is 3.83. The zero-order chi connectivity index (χ0) is 15.5. The second-order valence-corrected chi connectivity index (χ2v) is 5.05. The molecule has 1 atom stereocenters. The highest BCUT2D eigenvalue weighted by atomic mass is 19.4. The Hall–Kier alpha value is -1.18. The van der Waals surface area contributed by atoms with Crippen molar-refractivity contribution in [1.82, 2.24) is 4.98 Å². The number of aromatic nitrogens is 1. The van der Waals surface area contributed by atoms with Gasteiger partial charge in [0.15, 0.2) is 0 Å². The summed E-state index contributed by atoms with van der Waals surface area (Å²) in [5, 5.41) is 0. The maximum absolute atomic E-state index is 13.1. The molecule has 2 N–H and O–H groups in total. The number of nitrogens with zero attached hydrogens (tertiary/aromatic N) is 1. The molecule has 1 aliphatic heterocycles. The molecule has 4 nitrogen and oxygen atoms in total. The largest absolute Gasteiger partial charge is 0.416 e. The van der Waals surface area contributed by atoms with Crippen molar-refractivity contribution in [3.8, 4) is 0 Å². The first-order chi connectivity index (χ1) is 9.91. The van der Waals surface area contributed by atoms with Crippen LogP contribution in [0.15, 0.2) is 18.5 Å². The predicted octanol–water partition coefficient (Wildman–Crippen LogP) is 2.69. The standard InChI is InChI=1S/C14H19F3N2O2/c1-2-21-13(4-7-20-8-5-13)12(18)10-9-19-6-3-11(10)14(15,16)17/h3,6,9,12H,2,4-5,7-8,18H2,1H3. The van der Waals surface area contributed by atoms with Gasteiger partial charge in [-0.2, -0.15) is 13.2 Å². The highest BCUT2D eigenvalue weighted by Gasteiger charge is 2.44. The van der Waals surface area contributed by atoms with Crippen molar-refractivity contribution in [2.24, 2.45) is 5.73 Å². The van der Waals surface area contributed by atoms with E-state index in [2.05, 4.69) is 4.98 Å². The fourth-order valence-electron chi connectivity index (χ4n) is 2.75. The zero-order valence-corrected chi connectivity index (χ0v) is 11.8. The van der Waals surface area contributed by atoms with E-state index in [1.165, 1.54) is 6.20 Å². The van der Waals surface area contributed by atoms with Crippen LogP contribution in [0.4, 0.5) is 13.2 Å². The van der Waals surface area contributed by atoms with Crippen molar-refractivity contribution in [3.63, 3.8) is 0 Å². The van der Waals surface area contributed by atoms with E-state index < -0.39 is 23.4 Å². The lowest BCUT2D eigenvalue weighted by molar-refractivity contribution is -0.142. The molecule has 1 saturated heterocycles. The Morgan fingerprint density at radius 2 is 2.10 bits per heavy atom. The Kier molecular flexibility index (Phi) is 4.85. The first-order valence-corrected chi connectivity index (χ1v) is 6.89. The Balaban J connectivity index is 2.39. The second-order valence-electron chi connectivity index (χ2n) is 5.05. The molecular weight excluding hydrogens is 285 g/mol. The summed E-state index contributed by atoms with van der Waals surface area (Å²) < 4.78 is 50.4. The molecule has 1 fully saturated rings. The predicted molar refractivity (Wildman–Crippen MR) is 70.6 cm³/mol. The third kappa shape index (κ3) is 3.36. The number of pyridine rings is 1. The van der Waals surface area contributed by atoms with Crippen LogP contribution < -0.4 is 5.73 Å². The van der Waals surface area contributed by atoms with E-state index in [1.807, 2.05) is 0 Å². The molecule has 0 bridgehead atoms. The van der Waals surface area contributed by atoms with Gasteiger partial charge in [0.05, 0.1) is 17.2 Å². The lowest BCUT2D eigenvalue weighted by Crippen LogP contribution is -2.48. The molecule has 7 heteroatoms. The second kappa shape index (κ2) is 6.29. The summed E-state index contributed by atoms with van der Waals surface area (Å²) in [4.78, 5) is 3.80. The molecule has 2 rings (SSSR count). The van der Waals surface area contributed by atoms with Crippen LogP contribution in [0.1, 0.15) is 36.9 Å². The maximum atomic E-state index is 13.1. The van der Waals surface area contributed by atoms with E-state index in [4.69, 9.17) is 15.2 Å². The van der Waals surface area contributed by atoms with Crippen molar-refractivity contribution in [3.05, 3.63) is 29.6 Å². The summed E-state index contributed by atoms with van der Waals surface area (Å²) in [5.41, 5.74) is 4.55. The minimum atomic E-state index is -4.46. The monoisotopic (exact) mass is 304 g/mol. The number of nitrogens with two attached hydrogens (primary N) is 1. The van der Waals surface area contributed by atoms with Gasteiger partial charge in [0.2, 0.25) is 0 Å². The lowest BCUT2D eigenvalue weighted by Gasteiger charge is -2.42. The summed E-state index contributed by atoms with van der Waals surface area (Å²) in [7, 11) is 0. The summed E-state index contributed by atoms with van der Waals surface area (Å²) >= 11 is 0. The molecule has 0 radical (unpaired) electrons. The molecule has 118 valence electrons. The SMILES string of the molecule is CCOC1(C(N)c2cnccc2C(F)(F)F)CCOCC1. The van der Waals surface area contributed by atoms with Gasteiger partial charge in [-0.25, -0.2) is 0 Å². The zero-order valence-electron chi connectivity index (χ0n) is 11.8. The fourth-order valence-corrected chi connectivity index (χ4v) is 2.75. The molecule has 0 spiro atoms. The summed E-state index contributed by atoms with van der Waals surface area (Å²) in [5.74, 6) is 0. The molecule has 1 aliphatic rings. The van der Waals surface area contributed by atoms with Gasteiger partial charge in [0, 0.05) is 50.6 Å². The van der Waals surface area contributed by atoms with Gasteiger partial charge >= 0.3 is 6.18 Å². The van der Waals surface area contributed by atoms with Gasteiger partial charge in [0.1, 0.15) is 0 Å². The molecule has 1 aromatic heterocycles. The molecule has 1 unspecified atom stereocenters. The maximum Gasteiger partial charge on any atom is 0.416 e. The number of rotatable bonds is 4. The highest BCUT2D eigenvalue weighted by molar-refractivity contribution is 5.31. The van der Waals surface area contributed by atoms with E-state index in [-0.39, 0.29) is 5.56 Å². The minimum absolute atomic E-state index is 0.0275. The van der Waals surface area contributed by atoms with Crippen LogP contribution in [-0.4, -0.2) is 30.4 Å². The average molecular weight is 304 g/mol. The minimum Gasteiger partial charge on any atom is -0.381 e. The summed E-state index contributed by atoms with van der Waals surface area (Å²) in [6.07, 6.45) is -1.23. The summed E-state index contributed by atoms with van der Waals surface area (Å²) in [6.45, 7) is 3.04.